The fourth-order valence-electron chi connectivity index (χ4n) is 4.24. The van der Waals surface area contributed by atoms with Crippen LogP contribution in [0.2, 0.25) is 0 Å². The van der Waals surface area contributed by atoms with Crippen LogP contribution in [-0.2, 0) is 17.8 Å². The Balaban J connectivity index is 1.50. The minimum absolute atomic E-state index is 0.0728. The van der Waals surface area contributed by atoms with E-state index in [0.717, 1.165) is 31.5 Å². The number of ether oxygens (including phenoxy) is 2. The highest BCUT2D eigenvalue weighted by Gasteiger charge is 2.27. The topological polar surface area (TPSA) is 84.5 Å². The Bertz CT molecular complexity index is 1180. The van der Waals surface area contributed by atoms with Gasteiger partial charge in [0.05, 0.1) is 0 Å². The predicted octanol–water partition coefficient (Wildman–Crippen LogP) is 4.76. The van der Waals surface area contributed by atoms with Crippen molar-refractivity contribution < 1.29 is 14.3 Å². The lowest BCUT2D eigenvalue weighted by atomic mass is 9.93. The average Bonchev–Trinajstić information content (AvgIpc) is 2.84. The fraction of sp³-hybridized carbons (Fsp3) is 0.393. The van der Waals surface area contributed by atoms with E-state index in [1.807, 2.05) is 36.4 Å². The average molecular weight is 476 g/mol. The van der Waals surface area contributed by atoms with Crippen molar-refractivity contribution in [3.63, 3.8) is 0 Å². The number of esters is 1. The molecule has 0 atom stereocenters. The molecule has 2 heterocycles. The number of hydrogen-bond donors (Lipinski definition) is 1. The Hall–Kier alpha value is -3.61. The van der Waals surface area contributed by atoms with Gasteiger partial charge in [-0.3, -0.25) is 4.79 Å². The van der Waals surface area contributed by atoms with E-state index in [1.54, 1.807) is 20.8 Å². The Morgan fingerprint density at radius 1 is 1.03 bits per heavy atom. The summed E-state index contributed by atoms with van der Waals surface area (Å²) in [4.78, 5) is 35.7. The molecular formula is C28H33N3O4. The molecule has 1 aromatic heterocycles. The Morgan fingerprint density at radius 3 is 2.29 bits per heavy atom. The molecule has 1 fully saturated rings. The molecule has 35 heavy (non-hydrogen) atoms. The highest BCUT2D eigenvalue weighted by Crippen LogP contribution is 2.25. The monoisotopic (exact) mass is 475 g/mol. The van der Waals surface area contributed by atoms with Gasteiger partial charge in [0.2, 0.25) is 5.75 Å². The maximum atomic E-state index is 13.0. The summed E-state index contributed by atoms with van der Waals surface area (Å²) in [7, 11) is 0. The molecule has 0 bridgehead atoms. The number of benzene rings is 2. The van der Waals surface area contributed by atoms with Gasteiger partial charge in [0.25, 0.3) is 5.56 Å². The van der Waals surface area contributed by atoms with Gasteiger partial charge in [-0.1, -0.05) is 48.5 Å². The van der Waals surface area contributed by atoms with Crippen LogP contribution in [-0.4, -0.2) is 34.6 Å². The lowest BCUT2D eigenvalue weighted by Gasteiger charge is -2.33. The van der Waals surface area contributed by atoms with Crippen molar-refractivity contribution in [2.24, 2.45) is 5.92 Å². The fourth-order valence-corrected chi connectivity index (χ4v) is 4.24. The van der Waals surface area contributed by atoms with Gasteiger partial charge >= 0.3 is 5.97 Å². The molecule has 1 aliphatic rings. The predicted molar refractivity (Wildman–Crippen MR) is 136 cm³/mol. The van der Waals surface area contributed by atoms with Crippen LogP contribution in [0.5, 0.6) is 5.75 Å². The van der Waals surface area contributed by atoms with Gasteiger partial charge in [-0.2, -0.15) is 0 Å². The minimum atomic E-state index is -0.720. The largest absolute Gasteiger partial charge is 0.481 e. The first-order chi connectivity index (χ1) is 16.8. The molecule has 0 aliphatic carbocycles. The lowest BCUT2D eigenvalue weighted by molar-refractivity contribution is 0.00571. The van der Waals surface area contributed by atoms with Crippen LogP contribution in [0.1, 0.15) is 55.5 Å². The number of anilines is 1. The summed E-state index contributed by atoms with van der Waals surface area (Å²) in [5.74, 6) is 0.0827. The Labute approximate surface area is 206 Å². The molecule has 1 saturated heterocycles. The van der Waals surface area contributed by atoms with Gasteiger partial charge in [0, 0.05) is 25.2 Å². The molecule has 0 radical (unpaired) electrons. The second-order valence-electron chi connectivity index (χ2n) is 9.94. The van der Waals surface area contributed by atoms with Gasteiger partial charge in [-0.15, -0.1) is 0 Å². The van der Waals surface area contributed by atoms with Gasteiger partial charge in [-0.05, 0) is 57.2 Å². The maximum absolute atomic E-state index is 13.0. The van der Waals surface area contributed by atoms with E-state index < -0.39 is 17.1 Å². The van der Waals surface area contributed by atoms with E-state index in [4.69, 9.17) is 9.47 Å². The molecule has 4 rings (SSSR count). The summed E-state index contributed by atoms with van der Waals surface area (Å²) in [6.07, 6.45) is 2.55. The third-order valence-electron chi connectivity index (χ3n) is 5.96. The van der Waals surface area contributed by atoms with Crippen molar-refractivity contribution in [1.82, 2.24) is 9.97 Å². The molecule has 0 unspecified atom stereocenters. The second kappa shape index (κ2) is 10.8. The van der Waals surface area contributed by atoms with Crippen molar-refractivity contribution in [2.75, 3.05) is 18.0 Å². The zero-order chi connectivity index (χ0) is 24.8. The normalized spacial score (nSPS) is 14.5. The first-order valence-electron chi connectivity index (χ1n) is 12.1. The summed E-state index contributed by atoms with van der Waals surface area (Å²) in [5, 5.41) is 0. The van der Waals surface area contributed by atoms with Crippen molar-refractivity contribution in [3.8, 4) is 5.75 Å². The molecule has 184 valence electrons. The Morgan fingerprint density at radius 2 is 1.66 bits per heavy atom. The third-order valence-corrected chi connectivity index (χ3v) is 5.96. The van der Waals surface area contributed by atoms with Crippen LogP contribution >= 0.6 is 0 Å². The molecule has 2 aromatic carbocycles. The standard InChI is InChI=1S/C28H33N3O4/c1-28(2,3)35-27(33)24-25(34-19-21-10-6-4-7-11-21)26(32)30-23(29-24)18-20-14-16-31(17-15-20)22-12-8-5-9-13-22/h4-13,20H,14-19H2,1-3H3,(H,29,30,32). The van der Waals surface area contributed by atoms with Crippen molar-refractivity contribution in [2.45, 2.75) is 52.2 Å². The summed E-state index contributed by atoms with van der Waals surface area (Å²) in [5.41, 5.74) is 0.855. The first-order valence-corrected chi connectivity index (χ1v) is 12.1. The highest BCUT2D eigenvalue weighted by molar-refractivity contribution is 5.90. The smallest absolute Gasteiger partial charge is 0.361 e. The molecule has 7 nitrogen and oxygen atoms in total. The summed E-state index contributed by atoms with van der Waals surface area (Å²) >= 11 is 0. The van der Waals surface area contributed by atoms with Crippen molar-refractivity contribution in [1.29, 1.82) is 0 Å². The van der Waals surface area contributed by atoms with E-state index in [-0.39, 0.29) is 18.1 Å². The molecule has 3 aromatic rings. The zero-order valence-electron chi connectivity index (χ0n) is 20.6. The minimum Gasteiger partial charge on any atom is -0.481 e. The summed E-state index contributed by atoms with van der Waals surface area (Å²) in [6.45, 7) is 7.38. The third kappa shape index (κ3) is 6.72. The van der Waals surface area contributed by atoms with Gasteiger partial charge < -0.3 is 19.4 Å². The van der Waals surface area contributed by atoms with Crippen LogP contribution in [0, 0.1) is 5.92 Å². The molecule has 7 heteroatoms. The second-order valence-corrected chi connectivity index (χ2v) is 9.94. The molecular weight excluding hydrogens is 442 g/mol. The van der Waals surface area contributed by atoms with E-state index in [9.17, 15) is 9.59 Å². The number of rotatable bonds is 7. The number of carbonyl (C=O) groups is 1. The first kappa shape index (κ1) is 24.5. The van der Waals surface area contributed by atoms with Crippen molar-refractivity contribution >= 4 is 11.7 Å². The van der Waals surface area contributed by atoms with E-state index in [2.05, 4.69) is 39.1 Å². The number of aromatic nitrogens is 2. The summed E-state index contributed by atoms with van der Waals surface area (Å²) < 4.78 is 11.3. The highest BCUT2D eigenvalue weighted by atomic mass is 16.6. The van der Waals surface area contributed by atoms with Gasteiger partial charge in [0.1, 0.15) is 18.0 Å². The molecule has 0 amide bonds. The number of carbonyl (C=O) groups excluding carboxylic acids is 1. The maximum Gasteiger partial charge on any atom is 0.361 e. The number of nitrogens with one attached hydrogen (secondary N) is 1. The number of H-pyrrole nitrogens is 1. The van der Waals surface area contributed by atoms with Crippen LogP contribution in [0.25, 0.3) is 0 Å². The Kier molecular flexibility index (Phi) is 7.54. The van der Waals surface area contributed by atoms with Crippen LogP contribution in [0.15, 0.2) is 65.5 Å². The van der Waals surface area contributed by atoms with Crippen LogP contribution < -0.4 is 15.2 Å². The molecule has 1 N–H and O–H groups in total. The van der Waals surface area contributed by atoms with E-state index >= 15 is 0 Å². The molecule has 0 spiro atoms. The lowest BCUT2D eigenvalue weighted by Crippen LogP contribution is -2.35. The SMILES string of the molecule is CC(C)(C)OC(=O)c1nc(CC2CCN(c3ccccc3)CC2)[nH]c(=O)c1OCc1ccccc1. The number of piperidine rings is 1. The number of hydrogen-bond acceptors (Lipinski definition) is 6. The number of para-hydroxylation sites is 1. The zero-order valence-corrected chi connectivity index (χ0v) is 20.6. The van der Waals surface area contributed by atoms with Crippen molar-refractivity contribution in [3.05, 3.63) is 88.1 Å². The molecule has 0 saturated carbocycles. The van der Waals surface area contributed by atoms with Gasteiger partial charge in [0.15, 0.2) is 5.69 Å². The van der Waals surface area contributed by atoms with Gasteiger partial charge in [-0.25, -0.2) is 9.78 Å². The van der Waals surface area contributed by atoms with E-state index in [1.165, 1.54) is 5.69 Å². The molecule has 1 aliphatic heterocycles. The summed E-state index contributed by atoms with van der Waals surface area (Å²) in [6, 6.07) is 19.9. The van der Waals surface area contributed by atoms with Crippen LogP contribution in [0.4, 0.5) is 5.69 Å². The number of nitrogens with zero attached hydrogens (tertiary/aromatic N) is 2. The van der Waals surface area contributed by atoms with Crippen LogP contribution in [0.3, 0.4) is 0 Å². The quantitative estimate of drug-likeness (QED) is 0.496. The van der Waals surface area contributed by atoms with E-state index in [0.29, 0.717) is 18.2 Å². The number of aromatic amines is 1.